The highest BCUT2D eigenvalue weighted by molar-refractivity contribution is 9.10. The molecule has 1 unspecified atom stereocenters. The maximum absolute atomic E-state index is 10.1. The Morgan fingerprint density at radius 3 is 2.19 bits per heavy atom. The lowest BCUT2D eigenvalue weighted by Crippen LogP contribution is -2.40. The molecule has 0 aromatic heterocycles. The standard InChI is InChI=1S/C18H22BrNO/c1-14(2)12-18(13-21,15-6-4-3-5-7-15)20-17-10-8-16(19)9-11-17/h3-11,14,20-21H,12-13H2,1-2H3. The Morgan fingerprint density at radius 1 is 1.05 bits per heavy atom. The molecule has 1 atom stereocenters. The van der Waals surface area contributed by atoms with Gasteiger partial charge in [0.1, 0.15) is 0 Å². The van der Waals surface area contributed by atoms with Gasteiger partial charge in [0.05, 0.1) is 12.1 Å². The number of anilines is 1. The number of hydrogen-bond acceptors (Lipinski definition) is 2. The molecule has 0 saturated carbocycles. The quantitative estimate of drug-likeness (QED) is 0.786. The van der Waals surface area contributed by atoms with Crippen molar-refractivity contribution in [3.05, 3.63) is 64.6 Å². The van der Waals surface area contributed by atoms with Crippen LogP contribution in [0.2, 0.25) is 0 Å². The predicted octanol–water partition coefficient (Wildman–Crippen LogP) is 4.79. The third-order valence-electron chi connectivity index (χ3n) is 3.58. The molecule has 2 nitrogen and oxygen atoms in total. The van der Waals surface area contributed by atoms with Crippen molar-refractivity contribution in [1.29, 1.82) is 0 Å². The Morgan fingerprint density at radius 2 is 1.67 bits per heavy atom. The van der Waals surface area contributed by atoms with E-state index in [1.807, 2.05) is 42.5 Å². The van der Waals surface area contributed by atoms with Gasteiger partial charge in [-0.25, -0.2) is 0 Å². The van der Waals surface area contributed by atoms with Gasteiger partial charge >= 0.3 is 0 Å². The highest BCUT2D eigenvalue weighted by Gasteiger charge is 2.32. The van der Waals surface area contributed by atoms with E-state index in [0.717, 1.165) is 22.1 Å². The molecule has 0 bridgehead atoms. The highest BCUT2D eigenvalue weighted by Crippen LogP contribution is 2.33. The maximum Gasteiger partial charge on any atom is 0.0859 e. The zero-order valence-electron chi connectivity index (χ0n) is 12.5. The van der Waals surface area contributed by atoms with E-state index in [2.05, 4.69) is 47.2 Å². The first-order chi connectivity index (χ1) is 10.1. The van der Waals surface area contributed by atoms with Crippen LogP contribution in [-0.4, -0.2) is 11.7 Å². The van der Waals surface area contributed by atoms with Crippen LogP contribution in [0.4, 0.5) is 5.69 Å². The van der Waals surface area contributed by atoms with Gasteiger partial charge in [0.25, 0.3) is 0 Å². The lowest BCUT2D eigenvalue weighted by Gasteiger charge is -2.36. The minimum Gasteiger partial charge on any atom is -0.394 e. The number of nitrogens with one attached hydrogen (secondary N) is 1. The van der Waals surface area contributed by atoms with E-state index in [1.54, 1.807) is 0 Å². The first-order valence-electron chi connectivity index (χ1n) is 7.26. The molecule has 2 aromatic rings. The summed E-state index contributed by atoms with van der Waals surface area (Å²) in [5.74, 6) is 0.473. The Bertz CT molecular complexity index is 553. The molecule has 0 heterocycles. The summed E-state index contributed by atoms with van der Waals surface area (Å²) in [6, 6.07) is 18.2. The van der Waals surface area contributed by atoms with E-state index in [1.165, 1.54) is 0 Å². The number of rotatable bonds is 6. The highest BCUT2D eigenvalue weighted by atomic mass is 79.9. The lowest BCUT2D eigenvalue weighted by molar-refractivity contribution is 0.190. The first-order valence-corrected chi connectivity index (χ1v) is 8.05. The van der Waals surface area contributed by atoms with Crippen LogP contribution in [0.15, 0.2) is 59.1 Å². The molecule has 21 heavy (non-hydrogen) atoms. The monoisotopic (exact) mass is 347 g/mol. The molecule has 0 saturated heterocycles. The largest absolute Gasteiger partial charge is 0.394 e. The fraction of sp³-hybridized carbons (Fsp3) is 0.333. The SMILES string of the molecule is CC(C)CC(CO)(Nc1ccc(Br)cc1)c1ccccc1. The predicted molar refractivity (Wildman–Crippen MR) is 92.4 cm³/mol. The summed E-state index contributed by atoms with van der Waals surface area (Å²) in [6.07, 6.45) is 0.865. The molecule has 0 aliphatic rings. The number of hydrogen-bond donors (Lipinski definition) is 2. The van der Waals surface area contributed by atoms with E-state index >= 15 is 0 Å². The molecule has 2 aromatic carbocycles. The Labute approximate surface area is 135 Å². The van der Waals surface area contributed by atoms with Crippen molar-refractivity contribution in [2.24, 2.45) is 5.92 Å². The topological polar surface area (TPSA) is 32.3 Å². The first kappa shape index (κ1) is 16.1. The summed E-state index contributed by atoms with van der Waals surface area (Å²) in [6.45, 7) is 4.42. The Kier molecular flexibility index (Phi) is 5.43. The summed E-state index contributed by atoms with van der Waals surface area (Å²) in [5, 5.41) is 13.7. The molecule has 3 heteroatoms. The van der Waals surface area contributed by atoms with Crippen LogP contribution in [0.5, 0.6) is 0 Å². The molecule has 2 N–H and O–H groups in total. The van der Waals surface area contributed by atoms with Crippen molar-refractivity contribution in [3.8, 4) is 0 Å². The van der Waals surface area contributed by atoms with Gasteiger partial charge in [-0.2, -0.15) is 0 Å². The van der Waals surface area contributed by atoms with Crippen LogP contribution in [-0.2, 0) is 5.54 Å². The van der Waals surface area contributed by atoms with Crippen LogP contribution >= 0.6 is 15.9 Å². The van der Waals surface area contributed by atoms with Crippen molar-refractivity contribution < 1.29 is 5.11 Å². The minimum atomic E-state index is -0.455. The van der Waals surface area contributed by atoms with Gasteiger partial charge in [0, 0.05) is 10.2 Å². The number of aliphatic hydroxyl groups excluding tert-OH is 1. The normalized spacial score (nSPS) is 14.0. The van der Waals surface area contributed by atoms with Gasteiger partial charge in [-0.05, 0) is 42.2 Å². The van der Waals surface area contributed by atoms with Gasteiger partial charge in [-0.1, -0.05) is 60.1 Å². The number of aliphatic hydroxyl groups is 1. The Balaban J connectivity index is 2.37. The van der Waals surface area contributed by atoms with E-state index < -0.39 is 5.54 Å². The van der Waals surface area contributed by atoms with Gasteiger partial charge in [0.15, 0.2) is 0 Å². The Hall–Kier alpha value is -1.32. The second kappa shape index (κ2) is 7.10. The van der Waals surface area contributed by atoms with E-state index in [0.29, 0.717) is 5.92 Å². The zero-order chi connectivity index (χ0) is 15.3. The minimum absolute atomic E-state index is 0.0608. The average molecular weight is 348 g/mol. The number of benzene rings is 2. The third kappa shape index (κ3) is 4.08. The summed E-state index contributed by atoms with van der Waals surface area (Å²) in [5.41, 5.74) is 1.67. The lowest BCUT2D eigenvalue weighted by atomic mass is 9.82. The van der Waals surface area contributed by atoms with Crippen LogP contribution in [0, 0.1) is 5.92 Å². The molecular formula is C18H22BrNO. The summed E-state index contributed by atoms with van der Waals surface area (Å²) >= 11 is 3.45. The maximum atomic E-state index is 10.1. The average Bonchev–Trinajstić information content (AvgIpc) is 2.49. The van der Waals surface area contributed by atoms with Crippen LogP contribution in [0.3, 0.4) is 0 Å². The van der Waals surface area contributed by atoms with Crippen molar-refractivity contribution in [3.63, 3.8) is 0 Å². The van der Waals surface area contributed by atoms with Crippen molar-refractivity contribution in [2.75, 3.05) is 11.9 Å². The van der Waals surface area contributed by atoms with Gasteiger partial charge < -0.3 is 10.4 Å². The zero-order valence-corrected chi connectivity index (χ0v) is 14.1. The fourth-order valence-corrected chi connectivity index (χ4v) is 2.96. The van der Waals surface area contributed by atoms with Crippen LogP contribution < -0.4 is 5.32 Å². The molecule has 0 spiro atoms. The fourth-order valence-electron chi connectivity index (χ4n) is 2.70. The van der Waals surface area contributed by atoms with Crippen molar-refractivity contribution >= 4 is 21.6 Å². The molecule has 0 radical (unpaired) electrons. The molecule has 0 aliphatic carbocycles. The summed E-state index contributed by atoms with van der Waals surface area (Å²) in [4.78, 5) is 0. The van der Waals surface area contributed by atoms with Gasteiger partial charge in [-0.3, -0.25) is 0 Å². The van der Waals surface area contributed by atoms with Gasteiger partial charge in [-0.15, -0.1) is 0 Å². The molecule has 112 valence electrons. The molecule has 0 aliphatic heterocycles. The smallest absolute Gasteiger partial charge is 0.0859 e. The van der Waals surface area contributed by atoms with Gasteiger partial charge in [0.2, 0.25) is 0 Å². The molecule has 0 fully saturated rings. The third-order valence-corrected chi connectivity index (χ3v) is 4.11. The van der Waals surface area contributed by atoms with E-state index in [9.17, 15) is 5.11 Å². The summed E-state index contributed by atoms with van der Waals surface area (Å²) < 4.78 is 1.05. The van der Waals surface area contributed by atoms with Crippen LogP contribution in [0.25, 0.3) is 0 Å². The summed E-state index contributed by atoms with van der Waals surface area (Å²) in [7, 11) is 0. The molecule has 2 rings (SSSR count). The molecular weight excluding hydrogens is 326 g/mol. The van der Waals surface area contributed by atoms with Crippen molar-refractivity contribution in [1.82, 2.24) is 0 Å². The van der Waals surface area contributed by atoms with E-state index in [4.69, 9.17) is 0 Å². The van der Waals surface area contributed by atoms with Crippen LogP contribution in [0.1, 0.15) is 25.8 Å². The van der Waals surface area contributed by atoms with Crippen molar-refractivity contribution in [2.45, 2.75) is 25.8 Å². The van der Waals surface area contributed by atoms with E-state index in [-0.39, 0.29) is 6.61 Å². The number of halogens is 1. The second-order valence-electron chi connectivity index (χ2n) is 5.84. The second-order valence-corrected chi connectivity index (χ2v) is 6.75. The molecule has 0 amide bonds.